The molecule has 4 aromatic rings. The summed E-state index contributed by atoms with van der Waals surface area (Å²) < 4.78 is 45.2. The van der Waals surface area contributed by atoms with Gasteiger partial charge >= 0.3 is 0 Å². The fraction of sp³-hybridized carbons (Fsp3) is 0.0417. The number of halogens is 1. The van der Waals surface area contributed by atoms with Gasteiger partial charge in [-0.15, -0.1) is 0 Å². The smallest absolute Gasteiger partial charge is 0.242 e. The number of hydrogen-bond donors (Lipinski definition) is 1. The van der Waals surface area contributed by atoms with Gasteiger partial charge in [0.05, 0.1) is 5.56 Å². The molecule has 0 aliphatic rings. The monoisotopic (exact) mass is 460 g/mol. The summed E-state index contributed by atoms with van der Waals surface area (Å²) in [5, 5.41) is 15.3. The van der Waals surface area contributed by atoms with Crippen molar-refractivity contribution in [2.75, 3.05) is 0 Å². The van der Waals surface area contributed by atoms with E-state index in [0.717, 1.165) is 0 Å². The first-order chi connectivity index (χ1) is 15.9. The lowest BCUT2D eigenvalue weighted by Gasteiger charge is -2.23. The maximum absolute atomic E-state index is 13.6. The zero-order valence-electron chi connectivity index (χ0n) is 17.1. The zero-order valence-corrected chi connectivity index (χ0v) is 17.9. The first-order valence-corrected chi connectivity index (χ1v) is 11.3. The summed E-state index contributed by atoms with van der Waals surface area (Å²) in [5.74, 6) is -0.648. The molecule has 0 fully saturated rings. The zero-order chi connectivity index (χ0) is 23.4. The number of aromatic nitrogens is 2. The van der Waals surface area contributed by atoms with Gasteiger partial charge in [-0.25, -0.2) is 17.9 Å². The summed E-state index contributed by atoms with van der Waals surface area (Å²) in [4.78, 5) is 7.79. The Labute approximate surface area is 190 Å². The molecule has 2 aromatic heterocycles. The SMILES string of the molecule is N#Cc1ccc(-c2cccnc2)c(S(N)(=O)=O)c1OC(c1ccc(F)cc1)c1cccnc1. The summed E-state index contributed by atoms with van der Waals surface area (Å²) >= 11 is 0. The average Bonchev–Trinajstić information content (AvgIpc) is 2.83. The van der Waals surface area contributed by atoms with E-state index < -0.39 is 21.9 Å². The summed E-state index contributed by atoms with van der Waals surface area (Å²) in [5.41, 5.74) is 1.79. The quantitative estimate of drug-likeness (QED) is 0.465. The van der Waals surface area contributed by atoms with Gasteiger partial charge in [0.2, 0.25) is 10.0 Å². The normalized spacial score (nSPS) is 12.0. The lowest BCUT2D eigenvalue weighted by atomic mass is 10.0. The van der Waals surface area contributed by atoms with Crippen LogP contribution in [0.2, 0.25) is 0 Å². The van der Waals surface area contributed by atoms with E-state index in [-0.39, 0.29) is 21.8 Å². The van der Waals surface area contributed by atoms with Crippen molar-refractivity contribution in [1.82, 2.24) is 9.97 Å². The Morgan fingerprint density at radius 2 is 1.64 bits per heavy atom. The number of pyridine rings is 2. The predicted octanol–water partition coefficient (Wildman–Crippen LogP) is 3.97. The minimum Gasteiger partial charge on any atom is -0.478 e. The van der Waals surface area contributed by atoms with Gasteiger partial charge in [-0.1, -0.05) is 30.3 Å². The lowest BCUT2D eigenvalue weighted by Crippen LogP contribution is -2.18. The molecular weight excluding hydrogens is 443 g/mol. The highest BCUT2D eigenvalue weighted by Crippen LogP contribution is 2.40. The fourth-order valence-corrected chi connectivity index (χ4v) is 4.32. The Balaban J connectivity index is 1.96. The second kappa shape index (κ2) is 9.16. The van der Waals surface area contributed by atoms with Crippen molar-refractivity contribution >= 4 is 10.0 Å². The fourth-order valence-electron chi connectivity index (χ4n) is 3.41. The first-order valence-electron chi connectivity index (χ1n) is 9.71. The summed E-state index contributed by atoms with van der Waals surface area (Å²) in [7, 11) is -4.34. The second-order valence-corrected chi connectivity index (χ2v) is 8.55. The van der Waals surface area contributed by atoms with Crippen LogP contribution in [0.3, 0.4) is 0 Å². The number of benzene rings is 2. The van der Waals surface area contributed by atoms with Crippen LogP contribution in [-0.2, 0) is 10.0 Å². The van der Waals surface area contributed by atoms with Crippen molar-refractivity contribution < 1.29 is 17.5 Å². The number of primary sulfonamides is 1. The molecule has 2 N–H and O–H groups in total. The molecule has 1 atom stereocenters. The van der Waals surface area contributed by atoms with Gasteiger partial charge in [0.25, 0.3) is 0 Å². The van der Waals surface area contributed by atoms with Crippen LogP contribution in [0.1, 0.15) is 22.8 Å². The van der Waals surface area contributed by atoms with Crippen LogP contribution in [0, 0.1) is 17.1 Å². The summed E-state index contributed by atoms with van der Waals surface area (Å²) in [6.45, 7) is 0. The molecular formula is C24H17FN4O3S. The lowest BCUT2D eigenvalue weighted by molar-refractivity contribution is 0.239. The number of ether oxygens (including phenoxy) is 1. The Morgan fingerprint density at radius 3 is 2.21 bits per heavy atom. The van der Waals surface area contributed by atoms with Crippen LogP contribution < -0.4 is 9.88 Å². The molecule has 2 aromatic carbocycles. The number of nitrogens with zero attached hydrogens (tertiary/aromatic N) is 3. The molecule has 0 amide bonds. The molecule has 0 radical (unpaired) electrons. The Bertz CT molecular complexity index is 1420. The van der Waals surface area contributed by atoms with Gasteiger partial charge in [0.15, 0.2) is 11.9 Å². The van der Waals surface area contributed by atoms with Gasteiger partial charge in [0, 0.05) is 41.5 Å². The third kappa shape index (κ3) is 4.72. The molecule has 2 heterocycles. The second-order valence-electron chi connectivity index (χ2n) is 7.05. The van der Waals surface area contributed by atoms with Crippen LogP contribution in [0.25, 0.3) is 11.1 Å². The Hall–Kier alpha value is -4.13. The van der Waals surface area contributed by atoms with Gasteiger partial charge in [-0.2, -0.15) is 5.26 Å². The number of nitriles is 1. The maximum atomic E-state index is 13.6. The van der Waals surface area contributed by atoms with Crippen LogP contribution in [0.15, 0.2) is 90.3 Å². The summed E-state index contributed by atoms with van der Waals surface area (Å²) in [6, 6.07) is 17.2. The van der Waals surface area contributed by atoms with E-state index in [1.165, 1.54) is 42.6 Å². The number of sulfonamides is 1. The minimum atomic E-state index is -4.34. The standard InChI is InChI=1S/C24H17FN4O3S/c25-20-8-5-16(6-9-20)22(19-4-2-12-29-15-19)32-23-17(13-26)7-10-21(24(23)33(27,30)31)18-3-1-11-28-14-18/h1-12,14-15,22H,(H2,27,30,31). The van der Waals surface area contributed by atoms with Crippen molar-refractivity contribution in [2.45, 2.75) is 11.0 Å². The third-order valence-corrected chi connectivity index (χ3v) is 5.86. The van der Waals surface area contributed by atoms with Gasteiger partial charge in [-0.05, 0) is 35.9 Å². The van der Waals surface area contributed by atoms with Crippen molar-refractivity contribution in [3.05, 3.63) is 108 Å². The molecule has 0 saturated heterocycles. The third-order valence-electron chi connectivity index (χ3n) is 4.89. The minimum absolute atomic E-state index is 0.0253. The van der Waals surface area contributed by atoms with Gasteiger partial charge in [-0.3, -0.25) is 9.97 Å². The topological polar surface area (TPSA) is 119 Å². The average molecular weight is 460 g/mol. The van der Waals surface area contributed by atoms with Crippen LogP contribution in [-0.4, -0.2) is 18.4 Å². The molecule has 9 heteroatoms. The molecule has 1 unspecified atom stereocenters. The molecule has 0 aliphatic carbocycles. The van der Waals surface area contributed by atoms with E-state index in [4.69, 9.17) is 9.88 Å². The van der Waals surface area contributed by atoms with Crippen LogP contribution in [0.4, 0.5) is 4.39 Å². The van der Waals surface area contributed by atoms with Crippen molar-refractivity contribution in [3.8, 4) is 22.9 Å². The maximum Gasteiger partial charge on any atom is 0.242 e. The van der Waals surface area contributed by atoms with E-state index in [1.807, 2.05) is 6.07 Å². The molecule has 7 nitrogen and oxygen atoms in total. The Morgan fingerprint density at radius 1 is 0.939 bits per heavy atom. The van der Waals surface area contributed by atoms with Gasteiger partial charge < -0.3 is 4.74 Å². The van der Waals surface area contributed by atoms with E-state index >= 15 is 0 Å². The van der Waals surface area contributed by atoms with Gasteiger partial charge in [0.1, 0.15) is 16.8 Å². The Kier molecular flexibility index (Phi) is 6.13. The van der Waals surface area contributed by atoms with E-state index in [9.17, 15) is 18.1 Å². The molecule has 33 heavy (non-hydrogen) atoms. The molecule has 4 rings (SSSR count). The first kappa shape index (κ1) is 22.1. The van der Waals surface area contributed by atoms with E-state index in [1.54, 1.807) is 42.9 Å². The highest BCUT2D eigenvalue weighted by Gasteiger charge is 2.28. The summed E-state index contributed by atoms with van der Waals surface area (Å²) in [6.07, 6.45) is 5.26. The predicted molar refractivity (Wildman–Crippen MR) is 119 cm³/mol. The molecule has 0 saturated carbocycles. The van der Waals surface area contributed by atoms with Crippen LogP contribution in [0.5, 0.6) is 5.75 Å². The molecule has 0 aliphatic heterocycles. The molecule has 164 valence electrons. The van der Waals surface area contributed by atoms with Crippen molar-refractivity contribution in [2.24, 2.45) is 5.14 Å². The highest BCUT2D eigenvalue weighted by molar-refractivity contribution is 7.89. The van der Waals surface area contributed by atoms with E-state index in [2.05, 4.69) is 9.97 Å². The van der Waals surface area contributed by atoms with Crippen molar-refractivity contribution in [1.29, 1.82) is 5.26 Å². The largest absolute Gasteiger partial charge is 0.478 e. The number of nitrogens with two attached hydrogens (primary N) is 1. The van der Waals surface area contributed by atoms with Crippen molar-refractivity contribution in [3.63, 3.8) is 0 Å². The molecule has 0 bridgehead atoms. The molecule has 0 spiro atoms. The van der Waals surface area contributed by atoms with Crippen LogP contribution >= 0.6 is 0 Å². The number of hydrogen-bond acceptors (Lipinski definition) is 6. The number of rotatable bonds is 6. The highest BCUT2D eigenvalue weighted by atomic mass is 32.2. The van der Waals surface area contributed by atoms with E-state index in [0.29, 0.717) is 16.7 Å².